The molecule has 0 spiro atoms. The summed E-state index contributed by atoms with van der Waals surface area (Å²) in [6, 6.07) is 0. The molecular weight excluding hydrogens is 83.0 g/mol. The van der Waals surface area contributed by atoms with Crippen molar-refractivity contribution in [2.24, 2.45) is 5.28 Å². The van der Waals surface area contributed by atoms with Crippen LogP contribution >= 0.6 is 0 Å². The van der Waals surface area contributed by atoms with E-state index in [1.807, 2.05) is 0 Å². The number of nitrogens with zero attached hydrogens (tertiary/aromatic N) is 1. The van der Waals surface area contributed by atoms with Gasteiger partial charge in [0.05, 0.1) is 0 Å². The van der Waals surface area contributed by atoms with Crippen LogP contribution in [0.5, 0.6) is 0 Å². The molecule has 0 atom stereocenters. The first-order chi connectivity index (χ1) is 1.91. The molecule has 0 aliphatic carbocycles. The summed E-state index contributed by atoms with van der Waals surface area (Å²) in [5, 5.41) is 19.5. The molecule has 0 fully saturated rings. The van der Waals surface area contributed by atoms with Crippen LogP contribution in [0, 0.1) is 10.4 Å². The third-order valence-corrected chi connectivity index (χ3v) is 0.0373. The molecule has 0 aliphatic rings. The number of hydrogen-bond donors (Lipinski definition) is 1. The maximum Gasteiger partial charge on any atom is 1.00 e. The SMILES string of the molecule is [Na+].[O-]N=[NH+][O-]. The Hall–Kier alpha value is 0.200. The summed E-state index contributed by atoms with van der Waals surface area (Å²) in [4.78, 5) is 0. The molecule has 0 radical (unpaired) electrons. The normalized spacial score (nSPS) is 7.20. The molecule has 4 nitrogen and oxygen atoms in total. The Balaban J connectivity index is 0. The standard InChI is InChI=1S/H2N2O2.Na/c3-1-2-4;/h1H,(H-,2,3,4);/q;+1/p-1. The Bertz CT molecular complexity index is 22.8. The zero-order valence-electron chi connectivity index (χ0n) is 2.76. The first kappa shape index (κ1) is 8.96. The van der Waals surface area contributed by atoms with Gasteiger partial charge in [0.15, 0.2) is 0 Å². The predicted molar refractivity (Wildman–Crippen MR) is 10.1 cm³/mol. The third-order valence-electron chi connectivity index (χ3n) is 0.0373. The minimum Gasteiger partial charge on any atom is -0.739 e. The van der Waals surface area contributed by atoms with Gasteiger partial charge in [0.25, 0.3) is 0 Å². The summed E-state index contributed by atoms with van der Waals surface area (Å²) < 4.78 is 0. The topological polar surface area (TPSA) is 72.5 Å². The maximum absolute atomic E-state index is 8.57. The van der Waals surface area contributed by atoms with Crippen LogP contribution in [0.1, 0.15) is 0 Å². The van der Waals surface area contributed by atoms with E-state index in [0.717, 1.165) is 5.28 Å². The maximum atomic E-state index is 8.57. The second kappa shape index (κ2) is 8.89. The zero-order chi connectivity index (χ0) is 3.41. The van der Waals surface area contributed by atoms with Crippen molar-refractivity contribution in [3.8, 4) is 0 Å². The van der Waals surface area contributed by atoms with E-state index in [4.69, 9.17) is 10.4 Å². The van der Waals surface area contributed by atoms with Crippen LogP contribution in [0.25, 0.3) is 0 Å². The van der Waals surface area contributed by atoms with Crippen molar-refractivity contribution in [2.45, 2.75) is 0 Å². The van der Waals surface area contributed by atoms with E-state index in [1.54, 1.807) is 5.28 Å². The van der Waals surface area contributed by atoms with E-state index >= 15 is 0 Å². The quantitative estimate of drug-likeness (QED) is 0.182. The average Bonchev–Trinajstić information content (AvgIpc) is 1.37. The molecule has 0 aromatic carbocycles. The molecule has 0 aromatic rings. The summed E-state index contributed by atoms with van der Waals surface area (Å²) >= 11 is 0. The zero-order valence-corrected chi connectivity index (χ0v) is 4.76. The van der Waals surface area contributed by atoms with Crippen LogP contribution in [-0.2, 0) is 0 Å². The predicted octanol–water partition coefficient (Wildman–Crippen LogP) is -4.48. The molecule has 1 N–H and O–H groups in total. The van der Waals surface area contributed by atoms with Gasteiger partial charge in [-0.15, -0.1) is 5.28 Å². The van der Waals surface area contributed by atoms with Gasteiger partial charge in [0.2, 0.25) is 0 Å². The van der Waals surface area contributed by atoms with Crippen molar-refractivity contribution in [1.29, 1.82) is 0 Å². The summed E-state index contributed by atoms with van der Waals surface area (Å²) in [6.07, 6.45) is 0. The van der Waals surface area contributed by atoms with Gasteiger partial charge in [-0.3, -0.25) is 0 Å². The van der Waals surface area contributed by atoms with Gasteiger partial charge < -0.3 is 10.4 Å². The molecule has 5 heavy (non-hydrogen) atoms. The van der Waals surface area contributed by atoms with Crippen molar-refractivity contribution < 1.29 is 34.8 Å². The van der Waals surface area contributed by atoms with Gasteiger partial charge in [0.1, 0.15) is 0 Å². The molecule has 0 bridgehead atoms. The van der Waals surface area contributed by atoms with Crippen LogP contribution in [0.2, 0.25) is 0 Å². The van der Waals surface area contributed by atoms with E-state index < -0.39 is 0 Å². The van der Waals surface area contributed by atoms with Crippen molar-refractivity contribution in [3.63, 3.8) is 0 Å². The van der Waals surface area contributed by atoms with E-state index in [1.165, 1.54) is 0 Å². The summed E-state index contributed by atoms with van der Waals surface area (Å²) in [5.74, 6) is 0. The average molecular weight is 84.0 g/mol. The first-order valence-electron chi connectivity index (χ1n) is 0.610. The molecule has 5 heteroatoms. The fraction of sp³-hybridized carbons (Fsp3) is 0. The van der Waals surface area contributed by atoms with Gasteiger partial charge in [-0.1, -0.05) is 0 Å². The van der Waals surface area contributed by atoms with Gasteiger partial charge in [0, 0.05) is 0 Å². The van der Waals surface area contributed by atoms with Crippen LogP contribution in [0.4, 0.5) is 0 Å². The Kier molecular flexibility index (Phi) is 15.9. The minimum atomic E-state index is 0. The summed E-state index contributed by atoms with van der Waals surface area (Å²) in [7, 11) is 0. The molecule has 0 aliphatic heterocycles. The van der Waals surface area contributed by atoms with Gasteiger partial charge in [-0.25, -0.2) is 0 Å². The molecule has 0 heterocycles. The van der Waals surface area contributed by atoms with Crippen LogP contribution in [0.3, 0.4) is 0 Å². The van der Waals surface area contributed by atoms with E-state index in [2.05, 4.69) is 0 Å². The number of hydrogen-bond acceptors (Lipinski definition) is 3. The summed E-state index contributed by atoms with van der Waals surface area (Å²) in [5.41, 5.74) is 0. The molecule has 0 saturated heterocycles. The van der Waals surface area contributed by atoms with Gasteiger partial charge in [-0.2, -0.15) is 0 Å². The Morgan fingerprint density at radius 1 is 1.60 bits per heavy atom. The molecule has 0 rings (SSSR count). The number of nitrogens with one attached hydrogen (secondary N) is 1. The summed E-state index contributed by atoms with van der Waals surface area (Å²) in [6.45, 7) is 0. The second-order valence-corrected chi connectivity index (χ2v) is 0.183. The minimum absolute atomic E-state index is 0. The van der Waals surface area contributed by atoms with Crippen LogP contribution < -0.4 is 34.8 Å². The third kappa shape index (κ3) is 14.1. The van der Waals surface area contributed by atoms with Crippen molar-refractivity contribution in [1.82, 2.24) is 0 Å². The molecular formula is HN2NaO2. The molecule has 0 aromatic heterocycles. The van der Waals surface area contributed by atoms with E-state index in [0.29, 0.717) is 0 Å². The van der Waals surface area contributed by atoms with E-state index in [-0.39, 0.29) is 29.6 Å². The van der Waals surface area contributed by atoms with Gasteiger partial charge in [-0.05, 0) is 5.28 Å². The largest absolute Gasteiger partial charge is 1.00 e. The Labute approximate surface area is 50.7 Å². The fourth-order valence-electron chi connectivity index (χ4n) is 0. The smallest absolute Gasteiger partial charge is 0.739 e. The van der Waals surface area contributed by atoms with Gasteiger partial charge >= 0.3 is 29.6 Å². The molecule has 0 amide bonds. The second-order valence-electron chi connectivity index (χ2n) is 0.183. The Morgan fingerprint density at radius 2 is 1.80 bits per heavy atom. The van der Waals surface area contributed by atoms with Crippen LogP contribution in [-0.4, -0.2) is 0 Å². The molecule has 24 valence electrons. The molecule has 0 saturated carbocycles. The van der Waals surface area contributed by atoms with E-state index in [9.17, 15) is 0 Å². The van der Waals surface area contributed by atoms with Crippen molar-refractivity contribution in [3.05, 3.63) is 10.4 Å². The van der Waals surface area contributed by atoms with Crippen molar-refractivity contribution >= 4 is 0 Å². The first-order valence-corrected chi connectivity index (χ1v) is 0.610. The monoisotopic (exact) mass is 84.0 g/mol. The fourth-order valence-corrected chi connectivity index (χ4v) is 0. The van der Waals surface area contributed by atoms with Crippen LogP contribution in [0.15, 0.2) is 5.28 Å². The Morgan fingerprint density at radius 3 is 1.80 bits per heavy atom. The molecule has 0 unspecified atom stereocenters. The van der Waals surface area contributed by atoms with Crippen molar-refractivity contribution in [2.75, 3.05) is 0 Å². The number of rotatable bonds is 0.